The van der Waals surface area contributed by atoms with Crippen molar-refractivity contribution >= 4 is 29.0 Å². The summed E-state index contributed by atoms with van der Waals surface area (Å²) in [6, 6.07) is 9.94. The number of hydrogen-bond donors (Lipinski definition) is 1. The van der Waals surface area contributed by atoms with Crippen molar-refractivity contribution in [1.29, 1.82) is 0 Å². The van der Waals surface area contributed by atoms with Gasteiger partial charge in [0.05, 0.1) is 23.8 Å². The van der Waals surface area contributed by atoms with E-state index in [0.29, 0.717) is 13.2 Å². The van der Waals surface area contributed by atoms with Gasteiger partial charge in [-0.25, -0.2) is 4.98 Å². The zero-order valence-electron chi connectivity index (χ0n) is 16.7. The fourth-order valence-corrected chi connectivity index (χ4v) is 3.65. The molecule has 1 unspecified atom stereocenters. The number of nitrogens with two attached hydrogens (primary N) is 1. The molecule has 2 N–H and O–H groups in total. The second kappa shape index (κ2) is 9.84. The molecule has 154 valence electrons. The van der Waals surface area contributed by atoms with Crippen molar-refractivity contribution in [3.8, 4) is 0 Å². The van der Waals surface area contributed by atoms with E-state index in [1.54, 1.807) is 20.2 Å². The average Bonchev–Trinajstić information content (AvgIpc) is 2.98. The third-order valence-electron chi connectivity index (χ3n) is 4.25. The maximum Gasteiger partial charge on any atom is 0.323 e. The molecule has 0 aliphatic heterocycles. The highest BCUT2D eigenvalue weighted by Crippen LogP contribution is 2.22. The number of hydrogen-bond acceptors (Lipinski definition) is 8. The molecule has 8 nitrogen and oxygen atoms in total. The van der Waals surface area contributed by atoms with Gasteiger partial charge in [-0.05, 0) is 49.6 Å². The smallest absolute Gasteiger partial charge is 0.323 e. The van der Waals surface area contributed by atoms with E-state index in [-0.39, 0.29) is 12.6 Å². The molecule has 2 aromatic heterocycles. The maximum atomic E-state index is 11.9. The molecule has 0 fully saturated rings. The number of rotatable bonds is 9. The fraction of sp³-hybridized carbons (Fsp3) is 0.350. The van der Waals surface area contributed by atoms with Crippen molar-refractivity contribution in [2.75, 3.05) is 20.3 Å². The Morgan fingerprint density at radius 3 is 2.79 bits per heavy atom. The van der Waals surface area contributed by atoms with Crippen molar-refractivity contribution in [2.24, 2.45) is 5.84 Å². The van der Waals surface area contributed by atoms with Gasteiger partial charge in [0.1, 0.15) is 18.5 Å². The Morgan fingerprint density at radius 2 is 2.07 bits per heavy atom. The third kappa shape index (κ3) is 5.77. The van der Waals surface area contributed by atoms with Crippen LogP contribution in [-0.2, 0) is 20.8 Å². The van der Waals surface area contributed by atoms with Crippen LogP contribution in [0.15, 0.2) is 47.6 Å². The lowest BCUT2D eigenvalue weighted by Crippen LogP contribution is -2.33. The summed E-state index contributed by atoms with van der Waals surface area (Å²) in [7, 11) is 1.56. The summed E-state index contributed by atoms with van der Waals surface area (Å²) in [5.74, 6) is 6.48. The van der Waals surface area contributed by atoms with Crippen molar-refractivity contribution in [2.45, 2.75) is 31.4 Å². The lowest BCUT2D eigenvalue weighted by Gasteiger charge is -2.17. The zero-order valence-corrected chi connectivity index (χ0v) is 17.6. The predicted molar refractivity (Wildman–Crippen MR) is 112 cm³/mol. The van der Waals surface area contributed by atoms with Crippen LogP contribution in [0.2, 0.25) is 0 Å². The summed E-state index contributed by atoms with van der Waals surface area (Å²) in [4.78, 5) is 21.6. The number of hydrazine groups is 1. The van der Waals surface area contributed by atoms with Gasteiger partial charge in [0.25, 0.3) is 0 Å². The van der Waals surface area contributed by atoms with E-state index in [2.05, 4.69) is 14.5 Å². The molecule has 0 aliphatic rings. The van der Waals surface area contributed by atoms with Crippen molar-refractivity contribution in [3.63, 3.8) is 0 Å². The van der Waals surface area contributed by atoms with Crippen molar-refractivity contribution in [1.82, 2.24) is 18.9 Å². The first-order valence-corrected chi connectivity index (χ1v) is 9.98. The van der Waals surface area contributed by atoms with Crippen molar-refractivity contribution < 1.29 is 14.3 Å². The molecule has 9 heteroatoms. The lowest BCUT2D eigenvalue weighted by atomic mass is 10.2. The van der Waals surface area contributed by atoms with Crippen LogP contribution >= 0.6 is 11.9 Å². The van der Waals surface area contributed by atoms with Gasteiger partial charge in [0.15, 0.2) is 0 Å². The minimum absolute atomic E-state index is 0.0201. The Bertz CT molecular complexity index is 960. The topological polar surface area (TPSA) is 95.5 Å². The Morgan fingerprint density at radius 1 is 1.31 bits per heavy atom. The predicted octanol–water partition coefficient (Wildman–Crippen LogP) is 2.55. The average molecular weight is 416 g/mol. The Labute approximate surface area is 174 Å². The van der Waals surface area contributed by atoms with Gasteiger partial charge in [0, 0.05) is 24.7 Å². The molecule has 0 aliphatic carbocycles. The van der Waals surface area contributed by atoms with Crippen LogP contribution in [0.4, 0.5) is 0 Å². The molecule has 0 bridgehead atoms. The van der Waals surface area contributed by atoms with Crippen LogP contribution in [0, 0.1) is 6.92 Å². The van der Waals surface area contributed by atoms with E-state index in [0.717, 1.165) is 27.3 Å². The van der Waals surface area contributed by atoms with Crippen LogP contribution in [-0.4, -0.2) is 51.3 Å². The molecular formula is C20H25N5O3S. The summed E-state index contributed by atoms with van der Waals surface area (Å²) in [6.07, 6.45) is 3.28. The normalized spacial score (nSPS) is 12.4. The van der Waals surface area contributed by atoms with Crippen LogP contribution in [0.3, 0.4) is 0 Å². The van der Waals surface area contributed by atoms with Gasteiger partial charge in [-0.2, -0.15) is 4.41 Å². The number of aromatic nitrogens is 3. The summed E-state index contributed by atoms with van der Waals surface area (Å²) < 4.78 is 13.7. The molecule has 0 amide bonds. The van der Waals surface area contributed by atoms with Crippen molar-refractivity contribution in [3.05, 3.63) is 54.1 Å². The van der Waals surface area contributed by atoms with Crippen LogP contribution in [0.1, 0.15) is 18.3 Å². The Kier molecular flexibility index (Phi) is 7.21. The molecule has 0 saturated carbocycles. The summed E-state index contributed by atoms with van der Waals surface area (Å²) >= 11 is 1.28. The number of ether oxygens (including phenoxy) is 2. The largest absolute Gasteiger partial charge is 0.459 e. The quantitative estimate of drug-likeness (QED) is 0.247. The maximum absolute atomic E-state index is 11.9. The number of methoxy groups -OCH3 is 1. The zero-order chi connectivity index (χ0) is 20.8. The molecule has 1 aromatic carbocycles. The first-order chi connectivity index (χ1) is 14.0. The summed E-state index contributed by atoms with van der Waals surface area (Å²) in [5.41, 5.74) is 3.09. The van der Waals surface area contributed by atoms with Crippen LogP contribution < -0.4 is 5.84 Å². The monoisotopic (exact) mass is 415 g/mol. The molecule has 0 radical (unpaired) electrons. The highest BCUT2D eigenvalue weighted by Gasteiger charge is 2.14. The number of pyridine rings is 1. The van der Waals surface area contributed by atoms with Crippen LogP contribution in [0.25, 0.3) is 11.0 Å². The standard InChI is InChI=1S/C20H25N5O3S/c1-14(13-27-3)28-20(26)12-25(21)29-17-6-4-16(5-7-17)11-24-15(2)23-18-8-9-22-10-19(18)24/h4-10,14H,11-13,21H2,1-3H3. The molecule has 3 rings (SSSR count). The highest BCUT2D eigenvalue weighted by molar-refractivity contribution is 7.97. The van der Waals surface area contributed by atoms with Gasteiger partial charge in [-0.1, -0.05) is 12.1 Å². The molecule has 0 saturated heterocycles. The summed E-state index contributed by atoms with van der Waals surface area (Å²) in [5, 5.41) is 0. The second-order valence-corrected chi connectivity index (χ2v) is 7.80. The molecule has 3 aromatic rings. The SMILES string of the molecule is COCC(C)OC(=O)CN(N)Sc1ccc(Cn2c(C)nc3ccncc32)cc1. The number of esters is 1. The number of nitrogens with zero attached hydrogens (tertiary/aromatic N) is 4. The number of aryl methyl sites for hydroxylation is 1. The van der Waals surface area contributed by atoms with Gasteiger partial charge in [-0.15, -0.1) is 0 Å². The molecule has 29 heavy (non-hydrogen) atoms. The first kappa shape index (κ1) is 21.3. The number of imidazole rings is 1. The van der Waals surface area contributed by atoms with E-state index in [1.807, 2.05) is 43.5 Å². The van der Waals surface area contributed by atoms with Gasteiger partial charge >= 0.3 is 5.97 Å². The molecule has 2 heterocycles. The van der Waals surface area contributed by atoms with Gasteiger partial charge < -0.3 is 14.0 Å². The number of carbonyl (C=O) groups is 1. The van der Waals surface area contributed by atoms with E-state index in [9.17, 15) is 4.79 Å². The Hall–Kier alpha value is -2.46. The van der Waals surface area contributed by atoms with E-state index in [1.165, 1.54) is 16.4 Å². The van der Waals surface area contributed by atoms with E-state index in [4.69, 9.17) is 15.3 Å². The number of fused-ring (bicyclic) bond motifs is 1. The van der Waals surface area contributed by atoms with Gasteiger partial charge in [-0.3, -0.25) is 15.6 Å². The molecular weight excluding hydrogens is 390 g/mol. The van der Waals surface area contributed by atoms with E-state index >= 15 is 0 Å². The highest BCUT2D eigenvalue weighted by atomic mass is 32.2. The lowest BCUT2D eigenvalue weighted by molar-refractivity contribution is -0.150. The third-order valence-corrected chi connectivity index (χ3v) is 5.09. The molecule has 0 spiro atoms. The fourth-order valence-electron chi connectivity index (χ4n) is 2.95. The second-order valence-electron chi connectivity index (χ2n) is 6.68. The number of carbonyl (C=O) groups excluding carboxylic acids is 1. The number of benzene rings is 1. The minimum Gasteiger partial charge on any atom is -0.459 e. The summed E-state index contributed by atoms with van der Waals surface area (Å²) in [6.45, 7) is 4.80. The van der Waals surface area contributed by atoms with Gasteiger partial charge in [0.2, 0.25) is 0 Å². The van der Waals surface area contributed by atoms with Crippen LogP contribution in [0.5, 0.6) is 0 Å². The minimum atomic E-state index is -0.391. The Balaban J connectivity index is 1.57. The molecule has 1 atom stereocenters. The first-order valence-electron chi connectivity index (χ1n) is 9.20. The van der Waals surface area contributed by atoms with E-state index < -0.39 is 5.97 Å².